The third kappa shape index (κ3) is 2.45. The first-order valence-corrected chi connectivity index (χ1v) is 5.44. The SMILES string of the molecule is CC(CC#N)NC(C1CC1)C1CC1. The van der Waals surface area contributed by atoms with Gasteiger partial charge >= 0.3 is 0 Å². The van der Waals surface area contributed by atoms with Crippen molar-refractivity contribution in [2.24, 2.45) is 11.8 Å². The Balaban J connectivity index is 1.79. The summed E-state index contributed by atoms with van der Waals surface area (Å²) in [4.78, 5) is 0. The molecule has 1 atom stereocenters. The lowest BCUT2D eigenvalue weighted by Gasteiger charge is -2.21. The van der Waals surface area contributed by atoms with Crippen LogP contribution in [0.1, 0.15) is 39.0 Å². The van der Waals surface area contributed by atoms with Gasteiger partial charge in [0.25, 0.3) is 0 Å². The van der Waals surface area contributed by atoms with E-state index in [1.54, 1.807) is 0 Å². The van der Waals surface area contributed by atoms with Crippen molar-refractivity contribution < 1.29 is 0 Å². The summed E-state index contributed by atoms with van der Waals surface area (Å²) in [5, 5.41) is 12.2. The molecular weight excluding hydrogens is 160 g/mol. The summed E-state index contributed by atoms with van der Waals surface area (Å²) in [6, 6.07) is 3.35. The van der Waals surface area contributed by atoms with E-state index in [0.717, 1.165) is 17.9 Å². The Hall–Kier alpha value is -0.550. The van der Waals surface area contributed by atoms with Crippen molar-refractivity contribution in [3.05, 3.63) is 0 Å². The highest BCUT2D eigenvalue weighted by Gasteiger charge is 2.41. The van der Waals surface area contributed by atoms with E-state index in [2.05, 4.69) is 18.3 Å². The average Bonchev–Trinajstić information content (AvgIpc) is 2.95. The number of nitriles is 1. The molecule has 2 nitrogen and oxygen atoms in total. The number of nitrogens with one attached hydrogen (secondary N) is 1. The molecule has 2 saturated carbocycles. The average molecular weight is 178 g/mol. The fourth-order valence-corrected chi connectivity index (χ4v) is 2.09. The Kier molecular flexibility index (Phi) is 2.55. The normalized spacial score (nSPS) is 24.4. The van der Waals surface area contributed by atoms with Crippen LogP contribution in [-0.2, 0) is 0 Å². The largest absolute Gasteiger partial charge is 0.310 e. The van der Waals surface area contributed by atoms with E-state index in [1.165, 1.54) is 25.7 Å². The molecule has 1 N–H and O–H groups in total. The van der Waals surface area contributed by atoms with Crippen molar-refractivity contribution >= 4 is 0 Å². The second-order valence-electron chi connectivity index (χ2n) is 4.63. The van der Waals surface area contributed by atoms with Gasteiger partial charge in [-0.25, -0.2) is 0 Å². The van der Waals surface area contributed by atoms with Gasteiger partial charge < -0.3 is 5.32 Å². The Bertz CT molecular complexity index is 199. The molecule has 0 aromatic heterocycles. The molecule has 0 aliphatic heterocycles. The quantitative estimate of drug-likeness (QED) is 0.699. The summed E-state index contributed by atoms with van der Waals surface area (Å²) in [7, 11) is 0. The summed E-state index contributed by atoms with van der Waals surface area (Å²) < 4.78 is 0. The molecule has 0 aromatic rings. The van der Waals surface area contributed by atoms with Crippen LogP contribution in [0.3, 0.4) is 0 Å². The van der Waals surface area contributed by atoms with Gasteiger partial charge in [0.2, 0.25) is 0 Å². The number of hydrogen-bond acceptors (Lipinski definition) is 2. The van der Waals surface area contributed by atoms with Crippen LogP contribution < -0.4 is 5.32 Å². The van der Waals surface area contributed by atoms with Crippen LogP contribution in [0.2, 0.25) is 0 Å². The van der Waals surface area contributed by atoms with Crippen LogP contribution >= 0.6 is 0 Å². The zero-order chi connectivity index (χ0) is 9.26. The summed E-state index contributed by atoms with van der Waals surface area (Å²) in [6.45, 7) is 2.13. The highest BCUT2D eigenvalue weighted by molar-refractivity contribution is 4.97. The van der Waals surface area contributed by atoms with Crippen LogP contribution in [0.15, 0.2) is 0 Å². The first-order valence-electron chi connectivity index (χ1n) is 5.44. The zero-order valence-electron chi connectivity index (χ0n) is 8.29. The van der Waals surface area contributed by atoms with Gasteiger partial charge in [0, 0.05) is 12.1 Å². The van der Waals surface area contributed by atoms with Crippen molar-refractivity contribution in [3.8, 4) is 6.07 Å². The third-order valence-electron chi connectivity index (χ3n) is 3.13. The molecule has 0 bridgehead atoms. The molecular formula is C11H18N2. The van der Waals surface area contributed by atoms with Crippen LogP contribution in [0.5, 0.6) is 0 Å². The maximum absolute atomic E-state index is 8.57. The molecule has 0 radical (unpaired) electrons. The zero-order valence-corrected chi connectivity index (χ0v) is 8.29. The van der Waals surface area contributed by atoms with Crippen LogP contribution in [-0.4, -0.2) is 12.1 Å². The standard InChI is InChI=1S/C11H18N2/c1-8(6-7-12)13-11(9-2-3-9)10-4-5-10/h8-11,13H,2-6H2,1H3. The molecule has 0 heterocycles. The minimum atomic E-state index is 0.385. The lowest BCUT2D eigenvalue weighted by Crippen LogP contribution is -2.39. The molecule has 2 heteroatoms. The van der Waals surface area contributed by atoms with Crippen molar-refractivity contribution in [3.63, 3.8) is 0 Å². The predicted molar refractivity (Wildman–Crippen MR) is 52.1 cm³/mol. The summed E-state index contributed by atoms with van der Waals surface area (Å²) in [5.74, 6) is 1.88. The maximum Gasteiger partial charge on any atom is 0.0638 e. The predicted octanol–water partition coefficient (Wildman–Crippen LogP) is 2.07. The molecule has 2 fully saturated rings. The maximum atomic E-state index is 8.57. The van der Waals surface area contributed by atoms with Gasteiger partial charge in [0.05, 0.1) is 12.5 Å². The van der Waals surface area contributed by atoms with Gasteiger partial charge in [-0.3, -0.25) is 0 Å². The smallest absolute Gasteiger partial charge is 0.0638 e. The van der Waals surface area contributed by atoms with Crippen molar-refractivity contribution in [1.29, 1.82) is 5.26 Å². The molecule has 0 aromatic carbocycles. The molecule has 2 aliphatic carbocycles. The molecule has 0 spiro atoms. The van der Waals surface area contributed by atoms with Crippen LogP contribution in [0.25, 0.3) is 0 Å². The van der Waals surface area contributed by atoms with E-state index in [4.69, 9.17) is 5.26 Å². The molecule has 13 heavy (non-hydrogen) atoms. The van der Waals surface area contributed by atoms with E-state index < -0.39 is 0 Å². The van der Waals surface area contributed by atoms with E-state index in [0.29, 0.717) is 12.5 Å². The topological polar surface area (TPSA) is 35.8 Å². The van der Waals surface area contributed by atoms with E-state index in [-0.39, 0.29) is 0 Å². The summed E-state index contributed by atoms with van der Waals surface area (Å²) in [6.07, 6.45) is 6.29. The highest BCUT2D eigenvalue weighted by Crippen LogP contribution is 2.44. The Morgan fingerprint density at radius 2 is 1.85 bits per heavy atom. The monoisotopic (exact) mass is 178 g/mol. The van der Waals surface area contributed by atoms with Crippen molar-refractivity contribution in [1.82, 2.24) is 5.32 Å². The first-order chi connectivity index (χ1) is 6.31. The minimum absolute atomic E-state index is 0.385. The molecule has 2 aliphatic rings. The lowest BCUT2D eigenvalue weighted by atomic mass is 10.1. The fraction of sp³-hybridized carbons (Fsp3) is 0.909. The molecule has 0 saturated heterocycles. The molecule has 1 unspecified atom stereocenters. The summed E-state index contributed by atoms with van der Waals surface area (Å²) in [5.41, 5.74) is 0. The molecule has 72 valence electrons. The second kappa shape index (κ2) is 3.67. The van der Waals surface area contributed by atoms with Crippen LogP contribution in [0, 0.1) is 23.2 Å². The van der Waals surface area contributed by atoms with Gasteiger partial charge in [-0.1, -0.05) is 0 Å². The molecule has 2 rings (SSSR count). The Morgan fingerprint density at radius 3 is 2.23 bits per heavy atom. The Labute approximate surface area is 80.3 Å². The first kappa shape index (κ1) is 9.02. The van der Waals surface area contributed by atoms with E-state index in [1.807, 2.05) is 0 Å². The fourth-order valence-electron chi connectivity index (χ4n) is 2.09. The van der Waals surface area contributed by atoms with Gasteiger partial charge in [-0.2, -0.15) is 5.26 Å². The number of nitrogens with zero attached hydrogens (tertiary/aromatic N) is 1. The van der Waals surface area contributed by atoms with Crippen LogP contribution in [0.4, 0.5) is 0 Å². The molecule has 0 amide bonds. The highest BCUT2D eigenvalue weighted by atomic mass is 15.0. The van der Waals surface area contributed by atoms with Gasteiger partial charge in [-0.15, -0.1) is 0 Å². The van der Waals surface area contributed by atoms with Gasteiger partial charge in [0.1, 0.15) is 0 Å². The Morgan fingerprint density at radius 1 is 1.31 bits per heavy atom. The third-order valence-corrected chi connectivity index (χ3v) is 3.13. The second-order valence-corrected chi connectivity index (χ2v) is 4.63. The van der Waals surface area contributed by atoms with Gasteiger partial charge in [-0.05, 0) is 44.4 Å². The van der Waals surface area contributed by atoms with E-state index in [9.17, 15) is 0 Å². The lowest BCUT2D eigenvalue weighted by molar-refractivity contribution is 0.375. The van der Waals surface area contributed by atoms with Crippen molar-refractivity contribution in [2.75, 3.05) is 0 Å². The van der Waals surface area contributed by atoms with Gasteiger partial charge in [0.15, 0.2) is 0 Å². The number of rotatable bonds is 5. The van der Waals surface area contributed by atoms with Crippen molar-refractivity contribution in [2.45, 2.75) is 51.1 Å². The van der Waals surface area contributed by atoms with E-state index >= 15 is 0 Å². The summed E-state index contributed by atoms with van der Waals surface area (Å²) >= 11 is 0. The minimum Gasteiger partial charge on any atom is -0.310 e. The number of hydrogen-bond donors (Lipinski definition) is 1.